The third-order valence-corrected chi connectivity index (χ3v) is 7.18. The Hall–Kier alpha value is -3.64. The predicted octanol–water partition coefficient (Wildman–Crippen LogP) is 2.44. The van der Waals surface area contributed by atoms with Gasteiger partial charge in [0.15, 0.2) is 5.69 Å². The van der Waals surface area contributed by atoms with Crippen molar-refractivity contribution in [3.63, 3.8) is 0 Å². The van der Waals surface area contributed by atoms with Gasteiger partial charge >= 0.3 is 0 Å². The summed E-state index contributed by atoms with van der Waals surface area (Å²) in [6, 6.07) is 12.2. The molecule has 33 heavy (non-hydrogen) atoms. The molecule has 0 aliphatic heterocycles. The number of sulfonamides is 1. The first-order valence-electron chi connectivity index (χ1n) is 10.2. The van der Waals surface area contributed by atoms with E-state index in [1.165, 1.54) is 39.3 Å². The molecular formula is C21H24N6O5S. The number of nitrogens with zero attached hydrogens (tertiary/aromatic N) is 5. The van der Waals surface area contributed by atoms with Crippen molar-refractivity contribution in [3.05, 3.63) is 75.6 Å². The molecule has 0 fully saturated rings. The minimum absolute atomic E-state index is 0.0854. The fourth-order valence-electron chi connectivity index (χ4n) is 3.28. The lowest BCUT2D eigenvalue weighted by atomic mass is 10.2. The van der Waals surface area contributed by atoms with Gasteiger partial charge in [-0.3, -0.25) is 14.9 Å². The van der Waals surface area contributed by atoms with Gasteiger partial charge in [-0.15, -0.1) is 5.10 Å². The molecule has 0 saturated heterocycles. The number of amides is 1. The van der Waals surface area contributed by atoms with Crippen molar-refractivity contribution in [2.24, 2.45) is 0 Å². The van der Waals surface area contributed by atoms with Crippen molar-refractivity contribution >= 4 is 21.6 Å². The summed E-state index contributed by atoms with van der Waals surface area (Å²) in [5.74, 6) is -0.468. The maximum atomic E-state index is 12.6. The standard InChI is InChI=1S/C21H24N6O5S/c1-4-25(5-2)33(31,32)19-11-9-16(10-12-19)14-22-21(28)20-15(3)26(24-23-20)17-7-6-8-18(13-17)27(29)30/h6-13H,4-5,14H2,1-3H3,(H,22,28). The predicted molar refractivity (Wildman–Crippen MR) is 120 cm³/mol. The van der Waals surface area contributed by atoms with Crippen LogP contribution in [-0.2, 0) is 16.6 Å². The van der Waals surface area contributed by atoms with Crippen LogP contribution in [0.15, 0.2) is 53.4 Å². The van der Waals surface area contributed by atoms with Crippen LogP contribution in [0.1, 0.15) is 35.6 Å². The van der Waals surface area contributed by atoms with Crippen molar-refractivity contribution in [2.45, 2.75) is 32.2 Å². The average Bonchev–Trinajstić information content (AvgIpc) is 3.19. The number of hydrogen-bond donors (Lipinski definition) is 1. The highest BCUT2D eigenvalue weighted by Crippen LogP contribution is 2.19. The number of nitro groups is 1. The molecule has 3 aromatic rings. The number of nitro benzene ring substituents is 1. The van der Waals surface area contributed by atoms with Gasteiger partial charge in [0.2, 0.25) is 10.0 Å². The summed E-state index contributed by atoms with van der Waals surface area (Å²) < 4.78 is 27.9. The molecule has 0 unspecified atom stereocenters. The largest absolute Gasteiger partial charge is 0.347 e. The zero-order valence-electron chi connectivity index (χ0n) is 18.4. The van der Waals surface area contributed by atoms with Gasteiger partial charge in [-0.25, -0.2) is 13.1 Å². The number of nitrogens with one attached hydrogen (secondary N) is 1. The van der Waals surface area contributed by atoms with Crippen molar-refractivity contribution in [1.29, 1.82) is 0 Å². The summed E-state index contributed by atoms with van der Waals surface area (Å²) in [7, 11) is -3.55. The number of carbonyl (C=O) groups is 1. The lowest BCUT2D eigenvalue weighted by Gasteiger charge is -2.18. The quantitative estimate of drug-likeness (QED) is 0.372. The Morgan fingerprint density at radius 2 is 1.82 bits per heavy atom. The van der Waals surface area contributed by atoms with Crippen LogP contribution in [0.2, 0.25) is 0 Å². The Morgan fingerprint density at radius 1 is 1.15 bits per heavy atom. The topological polar surface area (TPSA) is 140 Å². The van der Waals surface area contributed by atoms with Crippen LogP contribution < -0.4 is 5.32 Å². The van der Waals surface area contributed by atoms with E-state index < -0.39 is 20.9 Å². The van der Waals surface area contributed by atoms with Gasteiger partial charge in [-0.2, -0.15) is 4.31 Å². The van der Waals surface area contributed by atoms with Crippen LogP contribution >= 0.6 is 0 Å². The van der Waals surface area contributed by atoms with Crippen molar-refractivity contribution in [2.75, 3.05) is 13.1 Å². The number of rotatable bonds is 9. The molecule has 0 bridgehead atoms. The molecule has 174 valence electrons. The maximum Gasteiger partial charge on any atom is 0.274 e. The lowest BCUT2D eigenvalue weighted by Crippen LogP contribution is -2.30. The highest BCUT2D eigenvalue weighted by Gasteiger charge is 2.22. The molecule has 0 radical (unpaired) electrons. The van der Waals surface area contributed by atoms with E-state index in [2.05, 4.69) is 15.6 Å². The summed E-state index contributed by atoms with van der Waals surface area (Å²) in [5.41, 5.74) is 1.54. The summed E-state index contributed by atoms with van der Waals surface area (Å²) in [5, 5.41) is 21.6. The molecule has 0 atom stereocenters. The van der Waals surface area contributed by atoms with Crippen LogP contribution in [0.4, 0.5) is 5.69 Å². The third kappa shape index (κ3) is 5.07. The summed E-state index contributed by atoms with van der Waals surface area (Å²) in [6.45, 7) is 6.12. The van der Waals surface area contributed by atoms with E-state index in [4.69, 9.17) is 0 Å². The zero-order valence-corrected chi connectivity index (χ0v) is 19.2. The monoisotopic (exact) mass is 472 g/mol. The normalized spacial score (nSPS) is 11.5. The van der Waals surface area contributed by atoms with Crippen molar-refractivity contribution < 1.29 is 18.1 Å². The van der Waals surface area contributed by atoms with E-state index in [1.807, 2.05) is 0 Å². The number of aromatic nitrogens is 3. The number of benzene rings is 2. The van der Waals surface area contributed by atoms with Gasteiger partial charge in [0.25, 0.3) is 11.6 Å². The van der Waals surface area contributed by atoms with E-state index >= 15 is 0 Å². The van der Waals surface area contributed by atoms with E-state index in [1.54, 1.807) is 39.0 Å². The SMILES string of the molecule is CCN(CC)S(=O)(=O)c1ccc(CNC(=O)c2nnn(-c3cccc([N+](=O)[O-])c3)c2C)cc1. The molecule has 11 nitrogen and oxygen atoms in total. The smallest absolute Gasteiger partial charge is 0.274 e. The first-order valence-corrected chi connectivity index (χ1v) is 11.7. The molecule has 1 N–H and O–H groups in total. The molecule has 2 aromatic carbocycles. The molecule has 0 aliphatic carbocycles. The minimum Gasteiger partial charge on any atom is -0.347 e. The minimum atomic E-state index is -3.55. The molecule has 12 heteroatoms. The molecule has 0 aliphatic rings. The number of hydrogen-bond acceptors (Lipinski definition) is 7. The lowest BCUT2D eigenvalue weighted by molar-refractivity contribution is -0.384. The Balaban J connectivity index is 1.71. The molecule has 1 amide bonds. The fraction of sp³-hybridized carbons (Fsp3) is 0.286. The average molecular weight is 473 g/mol. The van der Waals surface area contributed by atoms with E-state index in [0.717, 1.165) is 0 Å². The Labute approximate surface area is 191 Å². The van der Waals surface area contributed by atoms with Gasteiger partial charge in [0.1, 0.15) is 0 Å². The van der Waals surface area contributed by atoms with Crippen molar-refractivity contribution in [3.8, 4) is 5.69 Å². The van der Waals surface area contributed by atoms with Gasteiger partial charge < -0.3 is 5.32 Å². The summed E-state index contributed by atoms with van der Waals surface area (Å²) in [4.78, 5) is 23.3. The van der Waals surface area contributed by atoms with Gasteiger partial charge in [0, 0.05) is 31.8 Å². The van der Waals surface area contributed by atoms with E-state index in [9.17, 15) is 23.3 Å². The Morgan fingerprint density at radius 3 is 2.42 bits per heavy atom. The van der Waals surface area contributed by atoms with Crippen LogP contribution in [0.3, 0.4) is 0 Å². The highest BCUT2D eigenvalue weighted by molar-refractivity contribution is 7.89. The Kier molecular flexibility index (Phi) is 7.19. The second-order valence-corrected chi connectivity index (χ2v) is 9.07. The maximum absolute atomic E-state index is 12.6. The van der Waals surface area contributed by atoms with Crippen LogP contribution in [-0.4, -0.2) is 51.6 Å². The zero-order chi connectivity index (χ0) is 24.2. The first kappa shape index (κ1) is 24.0. The number of carbonyl (C=O) groups excluding carboxylic acids is 1. The van der Waals surface area contributed by atoms with E-state index in [0.29, 0.717) is 30.0 Å². The van der Waals surface area contributed by atoms with Gasteiger partial charge in [0.05, 0.1) is 21.2 Å². The van der Waals surface area contributed by atoms with Gasteiger partial charge in [-0.05, 0) is 30.7 Å². The first-order chi connectivity index (χ1) is 15.7. The van der Waals surface area contributed by atoms with Crippen LogP contribution in [0, 0.1) is 17.0 Å². The van der Waals surface area contributed by atoms with Crippen LogP contribution in [0.25, 0.3) is 5.69 Å². The number of non-ortho nitro benzene ring substituents is 1. The second kappa shape index (κ2) is 9.88. The van der Waals surface area contributed by atoms with Crippen LogP contribution in [0.5, 0.6) is 0 Å². The molecule has 3 rings (SSSR count). The second-order valence-electron chi connectivity index (χ2n) is 7.13. The molecule has 1 heterocycles. The summed E-state index contributed by atoms with van der Waals surface area (Å²) in [6.07, 6.45) is 0. The van der Waals surface area contributed by atoms with Gasteiger partial charge in [-0.1, -0.05) is 37.3 Å². The highest BCUT2D eigenvalue weighted by atomic mass is 32.2. The van der Waals surface area contributed by atoms with Crippen molar-refractivity contribution in [1.82, 2.24) is 24.6 Å². The fourth-order valence-corrected chi connectivity index (χ4v) is 4.74. The molecule has 0 spiro atoms. The Bertz CT molecular complexity index is 1270. The summed E-state index contributed by atoms with van der Waals surface area (Å²) >= 11 is 0. The van der Waals surface area contributed by atoms with E-state index in [-0.39, 0.29) is 22.8 Å². The molecule has 0 saturated carbocycles. The third-order valence-electron chi connectivity index (χ3n) is 5.11. The molecule has 1 aromatic heterocycles. The molecular weight excluding hydrogens is 448 g/mol.